The SMILES string of the molecule is NCc1ccc(SCC2CC(c3ccccc3F)CN2SN2CCSCC2)s1. The zero-order chi connectivity index (χ0) is 19.3. The minimum absolute atomic E-state index is 0.0639. The van der Waals surface area contributed by atoms with Crippen molar-refractivity contribution in [3.05, 3.63) is 52.7 Å². The fourth-order valence-corrected chi connectivity index (χ4v) is 8.29. The lowest BCUT2D eigenvalue weighted by atomic mass is 9.96. The minimum Gasteiger partial charge on any atom is -0.326 e. The van der Waals surface area contributed by atoms with E-state index in [2.05, 4.69) is 20.7 Å². The summed E-state index contributed by atoms with van der Waals surface area (Å²) in [5.41, 5.74) is 6.62. The third-order valence-electron chi connectivity index (χ3n) is 5.16. The first-order valence-corrected chi connectivity index (χ1v) is 13.3. The molecule has 2 saturated heterocycles. The van der Waals surface area contributed by atoms with Gasteiger partial charge in [-0.15, -0.1) is 23.1 Å². The van der Waals surface area contributed by atoms with Crippen LogP contribution in [-0.2, 0) is 6.54 Å². The van der Waals surface area contributed by atoms with Crippen molar-refractivity contribution in [3.63, 3.8) is 0 Å². The van der Waals surface area contributed by atoms with Gasteiger partial charge in [-0.2, -0.15) is 11.8 Å². The van der Waals surface area contributed by atoms with Crippen molar-refractivity contribution in [2.75, 3.05) is 36.9 Å². The summed E-state index contributed by atoms with van der Waals surface area (Å²) < 4.78 is 20.7. The molecule has 3 nitrogen and oxygen atoms in total. The van der Waals surface area contributed by atoms with E-state index in [9.17, 15) is 4.39 Å². The van der Waals surface area contributed by atoms with Gasteiger partial charge in [-0.1, -0.05) is 18.2 Å². The van der Waals surface area contributed by atoms with Crippen LogP contribution in [0.4, 0.5) is 4.39 Å². The van der Waals surface area contributed by atoms with Crippen LogP contribution >= 0.6 is 47.0 Å². The van der Waals surface area contributed by atoms with E-state index in [0.717, 1.165) is 37.4 Å². The van der Waals surface area contributed by atoms with Crippen LogP contribution in [-0.4, -0.2) is 51.5 Å². The van der Waals surface area contributed by atoms with Gasteiger partial charge < -0.3 is 5.73 Å². The highest BCUT2D eigenvalue weighted by atomic mass is 32.2. The van der Waals surface area contributed by atoms with Crippen LogP contribution in [0.3, 0.4) is 0 Å². The average molecular weight is 456 g/mol. The van der Waals surface area contributed by atoms with E-state index in [1.54, 1.807) is 23.5 Å². The van der Waals surface area contributed by atoms with Crippen LogP contribution in [0.25, 0.3) is 0 Å². The molecule has 2 aliphatic heterocycles. The van der Waals surface area contributed by atoms with Crippen molar-refractivity contribution in [1.82, 2.24) is 8.61 Å². The normalized spacial score (nSPS) is 24.1. The molecule has 2 atom stereocenters. The predicted octanol–water partition coefficient (Wildman–Crippen LogP) is 4.91. The Morgan fingerprint density at radius 2 is 1.96 bits per heavy atom. The molecule has 0 bridgehead atoms. The van der Waals surface area contributed by atoms with E-state index >= 15 is 0 Å². The van der Waals surface area contributed by atoms with Gasteiger partial charge >= 0.3 is 0 Å². The van der Waals surface area contributed by atoms with Crippen molar-refractivity contribution in [2.45, 2.75) is 29.1 Å². The lowest BCUT2D eigenvalue weighted by molar-refractivity contribution is 0.426. The number of nitrogens with two attached hydrogens (primary N) is 1. The molecule has 0 saturated carbocycles. The number of hydrogen-bond acceptors (Lipinski definition) is 7. The van der Waals surface area contributed by atoms with Gasteiger partial charge in [0.05, 0.1) is 4.21 Å². The van der Waals surface area contributed by atoms with Gasteiger partial charge in [0, 0.05) is 72.4 Å². The van der Waals surface area contributed by atoms with Gasteiger partial charge in [-0.3, -0.25) is 0 Å². The number of halogens is 1. The monoisotopic (exact) mass is 455 g/mol. The van der Waals surface area contributed by atoms with Crippen molar-refractivity contribution >= 4 is 47.0 Å². The van der Waals surface area contributed by atoms with E-state index in [-0.39, 0.29) is 11.7 Å². The van der Waals surface area contributed by atoms with Gasteiger partial charge in [-0.05, 0) is 30.2 Å². The molecule has 2 aromatic rings. The fraction of sp³-hybridized carbons (Fsp3) is 0.500. The first kappa shape index (κ1) is 21.0. The van der Waals surface area contributed by atoms with Gasteiger partial charge in [0.1, 0.15) is 5.82 Å². The number of thioether (sulfide) groups is 2. The summed E-state index contributed by atoms with van der Waals surface area (Å²) in [4.78, 5) is 1.23. The molecule has 28 heavy (non-hydrogen) atoms. The van der Waals surface area contributed by atoms with Gasteiger partial charge in [0.25, 0.3) is 0 Å². The van der Waals surface area contributed by atoms with E-state index in [1.807, 2.05) is 47.8 Å². The number of rotatable bonds is 7. The second-order valence-corrected chi connectivity index (χ2v) is 11.9. The molecule has 0 radical (unpaired) electrons. The molecule has 2 unspecified atom stereocenters. The van der Waals surface area contributed by atoms with Crippen molar-refractivity contribution in [3.8, 4) is 0 Å². The number of hydrogen-bond donors (Lipinski definition) is 1. The zero-order valence-electron chi connectivity index (χ0n) is 15.8. The molecule has 2 aliphatic rings. The molecule has 4 rings (SSSR count). The Bertz CT molecular complexity index is 765. The molecule has 1 aromatic carbocycles. The van der Waals surface area contributed by atoms with Gasteiger partial charge in [-0.25, -0.2) is 13.0 Å². The summed E-state index contributed by atoms with van der Waals surface area (Å²) in [6, 6.07) is 12.0. The molecular weight excluding hydrogens is 430 g/mol. The topological polar surface area (TPSA) is 32.5 Å². The largest absolute Gasteiger partial charge is 0.326 e. The molecule has 8 heteroatoms. The summed E-state index contributed by atoms with van der Waals surface area (Å²) in [7, 11) is 0. The Morgan fingerprint density at radius 1 is 1.14 bits per heavy atom. The number of thiophene rings is 1. The highest BCUT2D eigenvalue weighted by molar-refractivity contribution is 8.01. The second kappa shape index (κ2) is 10.2. The first-order chi connectivity index (χ1) is 13.7. The van der Waals surface area contributed by atoms with Crippen LogP contribution < -0.4 is 5.73 Å². The standard InChI is InChI=1S/C20H26FN3S4/c21-19-4-2-1-3-18(19)15-11-16(14-26-20-6-5-17(12-22)27-20)24(13-15)28-23-7-9-25-10-8-23/h1-6,15-16H,7-14,22H2. The van der Waals surface area contributed by atoms with E-state index in [1.165, 1.54) is 20.6 Å². The van der Waals surface area contributed by atoms with Crippen molar-refractivity contribution in [2.24, 2.45) is 5.73 Å². The Labute approximate surface area is 183 Å². The fourth-order valence-electron chi connectivity index (χ4n) is 3.67. The molecule has 2 N–H and O–H groups in total. The molecule has 152 valence electrons. The van der Waals surface area contributed by atoms with Gasteiger partial charge in [0.15, 0.2) is 0 Å². The van der Waals surface area contributed by atoms with E-state index < -0.39 is 0 Å². The van der Waals surface area contributed by atoms with Gasteiger partial charge in [0.2, 0.25) is 0 Å². The van der Waals surface area contributed by atoms with Crippen LogP contribution in [0.15, 0.2) is 40.6 Å². The maximum Gasteiger partial charge on any atom is 0.126 e. The predicted molar refractivity (Wildman–Crippen MR) is 124 cm³/mol. The maximum absolute atomic E-state index is 14.4. The highest BCUT2D eigenvalue weighted by Gasteiger charge is 2.36. The molecule has 1 aromatic heterocycles. The molecule has 0 amide bonds. The Kier molecular flexibility index (Phi) is 7.66. The first-order valence-electron chi connectivity index (χ1n) is 9.66. The smallest absolute Gasteiger partial charge is 0.126 e. The summed E-state index contributed by atoms with van der Waals surface area (Å²) in [6.45, 7) is 3.78. The minimum atomic E-state index is -0.0639. The lowest BCUT2D eigenvalue weighted by Crippen LogP contribution is -2.34. The van der Waals surface area contributed by atoms with Crippen molar-refractivity contribution in [1.29, 1.82) is 0 Å². The van der Waals surface area contributed by atoms with E-state index in [0.29, 0.717) is 12.6 Å². The van der Waals surface area contributed by atoms with Crippen LogP contribution in [0.2, 0.25) is 0 Å². The van der Waals surface area contributed by atoms with E-state index in [4.69, 9.17) is 5.73 Å². The Morgan fingerprint density at radius 3 is 2.71 bits per heavy atom. The summed E-state index contributed by atoms with van der Waals surface area (Å²) in [5, 5.41) is 0. The Hall–Kier alpha value is -0.220. The summed E-state index contributed by atoms with van der Waals surface area (Å²) in [6.07, 6.45) is 1.01. The molecule has 3 heterocycles. The quantitative estimate of drug-likeness (QED) is 0.472. The molecule has 0 spiro atoms. The third-order valence-corrected chi connectivity index (χ3v) is 9.83. The highest BCUT2D eigenvalue weighted by Crippen LogP contribution is 2.40. The van der Waals surface area contributed by atoms with Crippen LogP contribution in [0.5, 0.6) is 0 Å². The Balaban J connectivity index is 1.44. The lowest BCUT2D eigenvalue weighted by Gasteiger charge is -2.31. The van der Waals surface area contributed by atoms with Crippen LogP contribution in [0.1, 0.15) is 22.8 Å². The summed E-state index contributed by atoms with van der Waals surface area (Å²) in [5.74, 6) is 3.64. The average Bonchev–Trinajstić information content (AvgIpc) is 3.34. The number of benzene rings is 1. The van der Waals surface area contributed by atoms with Crippen molar-refractivity contribution < 1.29 is 4.39 Å². The molecule has 0 aliphatic carbocycles. The summed E-state index contributed by atoms with van der Waals surface area (Å²) >= 11 is 7.62. The second-order valence-electron chi connectivity index (χ2n) is 7.07. The molecular formula is C20H26FN3S4. The maximum atomic E-state index is 14.4. The third kappa shape index (κ3) is 5.28. The zero-order valence-corrected chi connectivity index (χ0v) is 19.0. The molecule has 2 fully saturated rings. The number of nitrogens with zero attached hydrogens (tertiary/aromatic N) is 2. The van der Waals surface area contributed by atoms with Crippen LogP contribution in [0, 0.1) is 5.82 Å².